The summed E-state index contributed by atoms with van der Waals surface area (Å²) in [5, 5.41) is 20.4. The highest BCUT2D eigenvalue weighted by Crippen LogP contribution is 2.26. The first-order chi connectivity index (χ1) is 9.08. The average molecular weight is 320 g/mol. The lowest BCUT2D eigenvalue weighted by molar-refractivity contribution is -0.384. The van der Waals surface area contributed by atoms with E-state index in [9.17, 15) is 15.2 Å². The SMILES string of the molecule is O=[N+]([O-])c1ccc(O)c(C=Cc2ccccc2Br)c1. The van der Waals surface area contributed by atoms with Crippen molar-refractivity contribution in [3.8, 4) is 5.75 Å². The summed E-state index contributed by atoms with van der Waals surface area (Å²) in [6, 6.07) is 11.5. The monoisotopic (exact) mass is 319 g/mol. The van der Waals surface area contributed by atoms with Gasteiger partial charge in [-0.25, -0.2) is 0 Å². The van der Waals surface area contributed by atoms with Crippen molar-refractivity contribution in [1.29, 1.82) is 0 Å². The Labute approximate surface area is 118 Å². The van der Waals surface area contributed by atoms with Gasteiger partial charge in [0.1, 0.15) is 5.75 Å². The maximum Gasteiger partial charge on any atom is 0.270 e. The Morgan fingerprint density at radius 3 is 2.47 bits per heavy atom. The first-order valence-electron chi connectivity index (χ1n) is 5.48. The molecule has 0 saturated carbocycles. The molecule has 19 heavy (non-hydrogen) atoms. The molecule has 0 unspecified atom stereocenters. The van der Waals surface area contributed by atoms with Crippen LogP contribution in [-0.4, -0.2) is 10.0 Å². The lowest BCUT2D eigenvalue weighted by atomic mass is 10.1. The molecule has 5 heteroatoms. The Hall–Kier alpha value is -2.14. The predicted octanol–water partition coefficient (Wildman–Crippen LogP) is 4.23. The fourth-order valence-corrected chi connectivity index (χ4v) is 2.00. The lowest BCUT2D eigenvalue weighted by Crippen LogP contribution is -1.88. The molecular weight excluding hydrogens is 310 g/mol. The summed E-state index contributed by atoms with van der Waals surface area (Å²) in [5.74, 6) is 0.00824. The molecule has 0 amide bonds. The zero-order valence-electron chi connectivity index (χ0n) is 9.79. The molecule has 0 aromatic heterocycles. The highest BCUT2D eigenvalue weighted by molar-refractivity contribution is 9.10. The molecular formula is C14H10BrNO3. The summed E-state index contributed by atoms with van der Waals surface area (Å²) in [6.45, 7) is 0. The molecule has 4 nitrogen and oxygen atoms in total. The van der Waals surface area contributed by atoms with Gasteiger partial charge >= 0.3 is 0 Å². The van der Waals surface area contributed by atoms with Crippen LogP contribution in [0.15, 0.2) is 46.9 Å². The molecule has 2 aromatic rings. The minimum absolute atomic E-state index is 0.00824. The maximum absolute atomic E-state index is 10.7. The Morgan fingerprint density at radius 1 is 1.11 bits per heavy atom. The molecule has 0 bridgehead atoms. The van der Waals surface area contributed by atoms with Gasteiger partial charge in [-0.05, 0) is 17.7 Å². The van der Waals surface area contributed by atoms with Crippen LogP contribution in [-0.2, 0) is 0 Å². The van der Waals surface area contributed by atoms with E-state index in [1.54, 1.807) is 12.2 Å². The number of nitrogens with zero attached hydrogens (tertiary/aromatic N) is 1. The van der Waals surface area contributed by atoms with Gasteiger partial charge in [0.05, 0.1) is 4.92 Å². The van der Waals surface area contributed by atoms with Crippen LogP contribution in [0.5, 0.6) is 5.75 Å². The van der Waals surface area contributed by atoms with Gasteiger partial charge in [-0.15, -0.1) is 0 Å². The Kier molecular flexibility index (Phi) is 3.97. The number of nitro groups is 1. The van der Waals surface area contributed by atoms with E-state index in [1.165, 1.54) is 18.2 Å². The molecule has 0 atom stereocenters. The van der Waals surface area contributed by atoms with Crippen LogP contribution < -0.4 is 0 Å². The number of hydrogen-bond donors (Lipinski definition) is 1. The van der Waals surface area contributed by atoms with Crippen molar-refractivity contribution in [2.45, 2.75) is 0 Å². The number of phenols is 1. The van der Waals surface area contributed by atoms with Gasteiger partial charge in [0.2, 0.25) is 0 Å². The average Bonchev–Trinajstić information content (AvgIpc) is 2.39. The van der Waals surface area contributed by atoms with Crippen molar-refractivity contribution in [1.82, 2.24) is 0 Å². The predicted molar refractivity (Wildman–Crippen MR) is 77.8 cm³/mol. The van der Waals surface area contributed by atoms with Gasteiger partial charge in [-0.1, -0.05) is 46.3 Å². The number of phenolic OH excluding ortho intramolecular Hbond substituents is 1. The van der Waals surface area contributed by atoms with Crippen LogP contribution in [0.2, 0.25) is 0 Å². The van der Waals surface area contributed by atoms with Crippen molar-refractivity contribution in [3.63, 3.8) is 0 Å². The van der Waals surface area contributed by atoms with Gasteiger partial charge in [0.25, 0.3) is 5.69 Å². The number of aromatic hydroxyl groups is 1. The van der Waals surface area contributed by atoms with E-state index in [4.69, 9.17) is 0 Å². The zero-order valence-corrected chi connectivity index (χ0v) is 11.4. The fraction of sp³-hybridized carbons (Fsp3) is 0. The van der Waals surface area contributed by atoms with E-state index in [-0.39, 0.29) is 11.4 Å². The number of hydrogen-bond acceptors (Lipinski definition) is 3. The minimum Gasteiger partial charge on any atom is -0.507 e. The number of non-ortho nitro benzene ring substituents is 1. The highest BCUT2D eigenvalue weighted by atomic mass is 79.9. The van der Waals surface area contributed by atoms with Gasteiger partial charge < -0.3 is 5.11 Å². The van der Waals surface area contributed by atoms with Crippen LogP contribution in [0.3, 0.4) is 0 Å². The van der Waals surface area contributed by atoms with E-state index < -0.39 is 4.92 Å². The van der Waals surface area contributed by atoms with Crippen LogP contribution in [0.4, 0.5) is 5.69 Å². The van der Waals surface area contributed by atoms with Crippen LogP contribution in [0.25, 0.3) is 12.2 Å². The standard InChI is InChI=1S/C14H10BrNO3/c15-13-4-2-1-3-10(13)5-6-11-9-12(16(18)19)7-8-14(11)17/h1-9,17H. The molecule has 0 fully saturated rings. The van der Waals surface area contributed by atoms with Crippen LogP contribution in [0.1, 0.15) is 11.1 Å². The van der Waals surface area contributed by atoms with Gasteiger partial charge in [0, 0.05) is 22.2 Å². The van der Waals surface area contributed by atoms with Gasteiger partial charge in [0.15, 0.2) is 0 Å². The largest absolute Gasteiger partial charge is 0.507 e. The third-order valence-corrected chi connectivity index (χ3v) is 3.29. The van der Waals surface area contributed by atoms with Crippen molar-refractivity contribution in [3.05, 3.63) is 68.2 Å². The molecule has 0 heterocycles. The third kappa shape index (κ3) is 3.20. The summed E-state index contributed by atoms with van der Waals surface area (Å²) in [5.41, 5.74) is 1.28. The van der Waals surface area contributed by atoms with Crippen molar-refractivity contribution < 1.29 is 10.0 Å². The quantitative estimate of drug-likeness (QED) is 0.523. The van der Waals surface area contributed by atoms with E-state index in [0.717, 1.165) is 10.0 Å². The number of rotatable bonds is 3. The second kappa shape index (κ2) is 5.67. The second-order valence-corrected chi connectivity index (χ2v) is 4.71. The van der Waals surface area contributed by atoms with E-state index in [2.05, 4.69) is 15.9 Å². The van der Waals surface area contributed by atoms with Gasteiger partial charge in [-0.3, -0.25) is 10.1 Å². The van der Waals surface area contributed by atoms with Crippen LogP contribution >= 0.6 is 15.9 Å². The summed E-state index contributed by atoms with van der Waals surface area (Å²) in [6.07, 6.45) is 3.42. The third-order valence-electron chi connectivity index (χ3n) is 2.57. The fourth-order valence-electron chi connectivity index (χ4n) is 1.58. The smallest absolute Gasteiger partial charge is 0.270 e. The minimum atomic E-state index is -0.491. The maximum atomic E-state index is 10.7. The first kappa shape index (κ1) is 13.3. The van der Waals surface area contributed by atoms with Crippen molar-refractivity contribution in [2.75, 3.05) is 0 Å². The zero-order chi connectivity index (χ0) is 13.8. The lowest BCUT2D eigenvalue weighted by Gasteiger charge is -2.00. The molecule has 0 spiro atoms. The van der Waals surface area contributed by atoms with E-state index >= 15 is 0 Å². The van der Waals surface area contributed by atoms with E-state index in [1.807, 2.05) is 24.3 Å². The van der Waals surface area contributed by atoms with Crippen LogP contribution in [0, 0.1) is 10.1 Å². The molecule has 0 aliphatic rings. The Morgan fingerprint density at radius 2 is 1.79 bits per heavy atom. The molecule has 1 N–H and O–H groups in total. The highest BCUT2D eigenvalue weighted by Gasteiger charge is 2.08. The second-order valence-electron chi connectivity index (χ2n) is 3.86. The summed E-state index contributed by atoms with van der Waals surface area (Å²) in [4.78, 5) is 10.2. The van der Waals surface area contributed by atoms with E-state index in [0.29, 0.717) is 5.56 Å². The van der Waals surface area contributed by atoms with Crippen molar-refractivity contribution >= 4 is 33.8 Å². The van der Waals surface area contributed by atoms with Gasteiger partial charge in [-0.2, -0.15) is 0 Å². The molecule has 0 aliphatic carbocycles. The number of halogens is 1. The number of nitro benzene ring substituents is 1. The Bertz CT molecular complexity index is 653. The molecule has 2 rings (SSSR count). The summed E-state index contributed by atoms with van der Waals surface area (Å²) >= 11 is 3.40. The normalized spacial score (nSPS) is 10.8. The molecule has 96 valence electrons. The molecule has 0 radical (unpaired) electrons. The first-order valence-corrected chi connectivity index (χ1v) is 6.27. The summed E-state index contributed by atoms with van der Waals surface area (Å²) < 4.78 is 0.913. The Balaban J connectivity index is 2.35. The summed E-state index contributed by atoms with van der Waals surface area (Å²) in [7, 11) is 0. The molecule has 0 aliphatic heterocycles. The van der Waals surface area contributed by atoms with Crippen molar-refractivity contribution in [2.24, 2.45) is 0 Å². The topological polar surface area (TPSA) is 63.4 Å². The molecule has 0 saturated heterocycles. The number of benzene rings is 2. The molecule has 2 aromatic carbocycles.